The second-order valence-corrected chi connectivity index (χ2v) is 3.13. The Morgan fingerprint density at radius 2 is 2.21 bits per heavy atom. The largest absolute Gasteiger partial charge is 0.496 e. The number of hydrogen-bond acceptors (Lipinski definition) is 2. The third kappa shape index (κ3) is 2.07. The third-order valence-electron chi connectivity index (χ3n) is 2.15. The minimum Gasteiger partial charge on any atom is -0.496 e. The van der Waals surface area contributed by atoms with E-state index >= 15 is 0 Å². The average molecular weight is 189 g/mol. The Labute approximate surface area is 85.3 Å². The molecule has 0 aliphatic rings. The van der Waals surface area contributed by atoms with Gasteiger partial charge >= 0.3 is 0 Å². The molecule has 1 N–H and O–H groups in total. The van der Waals surface area contributed by atoms with Crippen LogP contribution in [0.3, 0.4) is 0 Å². The molecular weight excluding hydrogens is 174 g/mol. The van der Waals surface area contributed by atoms with Crippen LogP contribution in [0.25, 0.3) is 0 Å². The van der Waals surface area contributed by atoms with Crippen LogP contribution in [-0.4, -0.2) is 14.2 Å². The predicted octanol–water partition coefficient (Wildman–Crippen LogP) is 1.90. The van der Waals surface area contributed by atoms with Crippen LogP contribution < -0.4 is 10.1 Å². The van der Waals surface area contributed by atoms with Crippen molar-refractivity contribution < 1.29 is 4.74 Å². The van der Waals surface area contributed by atoms with Crippen LogP contribution in [0.5, 0.6) is 5.75 Å². The smallest absolute Gasteiger partial charge is 0.124 e. The molecule has 0 aliphatic carbocycles. The van der Waals surface area contributed by atoms with E-state index in [1.807, 2.05) is 32.2 Å². The Hall–Kier alpha value is -1.46. The first-order valence-corrected chi connectivity index (χ1v) is 4.51. The maximum atomic E-state index is 5.42. The molecule has 0 radical (unpaired) electrons. The molecule has 2 nitrogen and oxygen atoms in total. The van der Waals surface area contributed by atoms with Crippen molar-refractivity contribution in [3.05, 3.63) is 29.3 Å². The van der Waals surface area contributed by atoms with Crippen molar-refractivity contribution in [2.45, 2.75) is 13.0 Å². The minimum atomic E-state index is -0.0927. The topological polar surface area (TPSA) is 21.3 Å². The summed E-state index contributed by atoms with van der Waals surface area (Å²) in [5.41, 5.74) is 2.19. The first kappa shape index (κ1) is 10.6. The van der Waals surface area contributed by atoms with Crippen LogP contribution >= 0.6 is 0 Å². The van der Waals surface area contributed by atoms with E-state index in [9.17, 15) is 0 Å². The van der Waals surface area contributed by atoms with E-state index < -0.39 is 0 Å². The lowest BCUT2D eigenvalue weighted by Crippen LogP contribution is -2.15. The molecule has 0 aliphatic heterocycles. The molecule has 14 heavy (non-hydrogen) atoms. The fraction of sp³-hybridized carbons (Fsp3) is 0.333. The lowest BCUT2D eigenvalue weighted by molar-refractivity contribution is 0.406. The molecule has 0 aromatic heterocycles. The molecule has 1 aromatic rings. The molecule has 2 heteroatoms. The van der Waals surface area contributed by atoms with E-state index in [2.05, 4.69) is 11.2 Å². The zero-order valence-electron chi connectivity index (χ0n) is 8.79. The fourth-order valence-electron chi connectivity index (χ4n) is 1.41. The number of hydrogen-bond donors (Lipinski definition) is 1. The molecule has 0 bridgehead atoms. The van der Waals surface area contributed by atoms with Gasteiger partial charge in [0.25, 0.3) is 0 Å². The molecule has 1 atom stereocenters. The molecular formula is C12H15NO. The maximum absolute atomic E-state index is 5.42. The minimum absolute atomic E-state index is 0.0927. The molecule has 0 amide bonds. The summed E-state index contributed by atoms with van der Waals surface area (Å²) in [5.74, 6) is 3.51. The van der Waals surface area contributed by atoms with E-state index in [0.29, 0.717) is 0 Å². The molecule has 0 heterocycles. The lowest BCUT2D eigenvalue weighted by atomic mass is 10.0. The quantitative estimate of drug-likeness (QED) is 0.733. The summed E-state index contributed by atoms with van der Waals surface area (Å²) in [6, 6.07) is 5.89. The number of methoxy groups -OCH3 is 1. The Morgan fingerprint density at radius 1 is 1.50 bits per heavy atom. The van der Waals surface area contributed by atoms with Crippen molar-refractivity contribution in [1.82, 2.24) is 5.32 Å². The molecule has 74 valence electrons. The second-order valence-electron chi connectivity index (χ2n) is 3.13. The van der Waals surface area contributed by atoms with Gasteiger partial charge in [0.15, 0.2) is 0 Å². The number of ether oxygens (including phenoxy) is 1. The van der Waals surface area contributed by atoms with Gasteiger partial charge in [-0.05, 0) is 26.1 Å². The first-order chi connectivity index (χ1) is 6.72. The van der Waals surface area contributed by atoms with E-state index in [0.717, 1.165) is 11.3 Å². The second kappa shape index (κ2) is 4.69. The van der Waals surface area contributed by atoms with Crippen LogP contribution in [0.2, 0.25) is 0 Å². The van der Waals surface area contributed by atoms with Gasteiger partial charge in [-0.2, -0.15) is 0 Å². The van der Waals surface area contributed by atoms with Crippen LogP contribution in [0.4, 0.5) is 0 Å². The van der Waals surface area contributed by atoms with Crippen molar-refractivity contribution in [2.75, 3.05) is 14.2 Å². The summed E-state index contributed by atoms with van der Waals surface area (Å²) in [6.45, 7) is 2.03. The van der Waals surface area contributed by atoms with Crippen LogP contribution in [-0.2, 0) is 0 Å². The maximum Gasteiger partial charge on any atom is 0.124 e. The Bertz CT molecular complexity index is 352. The number of nitrogens with one attached hydrogen (secondary N) is 1. The highest BCUT2D eigenvalue weighted by Gasteiger charge is 2.11. The van der Waals surface area contributed by atoms with Crippen LogP contribution in [0, 0.1) is 19.3 Å². The summed E-state index contributed by atoms with van der Waals surface area (Å²) >= 11 is 0. The Kier molecular flexibility index (Phi) is 3.55. The van der Waals surface area contributed by atoms with E-state index in [1.165, 1.54) is 5.56 Å². The van der Waals surface area contributed by atoms with Crippen LogP contribution in [0.1, 0.15) is 17.2 Å². The Balaban J connectivity index is 3.16. The number of terminal acetylenes is 1. The van der Waals surface area contributed by atoms with Crippen molar-refractivity contribution in [1.29, 1.82) is 0 Å². The molecule has 0 fully saturated rings. The SMILES string of the molecule is C#CC(NC)c1cc(C)ccc1OC. The Morgan fingerprint density at radius 3 is 2.71 bits per heavy atom. The highest BCUT2D eigenvalue weighted by molar-refractivity contribution is 5.41. The van der Waals surface area contributed by atoms with E-state index in [4.69, 9.17) is 11.2 Å². The zero-order valence-corrected chi connectivity index (χ0v) is 8.79. The van der Waals surface area contributed by atoms with Crippen molar-refractivity contribution >= 4 is 0 Å². The van der Waals surface area contributed by atoms with Gasteiger partial charge in [-0.1, -0.05) is 17.6 Å². The molecule has 1 unspecified atom stereocenters. The summed E-state index contributed by atoms with van der Waals surface area (Å²) in [4.78, 5) is 0. The summed E-state index contributed by atoms with van der Waals surface area (Å²) in [5, 5.41) is 3.05. The monoisotopic (exact) mass is 189 g/mol. The molecule has 0 spiro atoms. The van der Waals surface area contributed by atoms with Gasteiger partial charge in [0.05, 0.1) is 13.2 Å². The third-order valence-corrected chi connectivity index (χ3v) is 2.15. The highest BCUT2D eigenvalue weighted by atomic mass is 16.5. The van der Waals surface area contributed by atoms with Crippen molar-refractivity contribution in [3.63, 3.8) is 0 Å². The van der Waals surface area contributed by atoms with Crippen molar-refractivity contribution in [2.24, 2.45) is 0 Å². The van der Waals surface area contributed by atoms with Gasteiger partial charge < -0.3 is 10.1 Å². The first-order valence-electron chi connectivity index (χ1n) is 4.51. The van der Waals surface area contributed by atoms with Gasteiger partial charge in [0.2, 0.25) is 0 Å². The van der Waals surface area contributed by atoms with Gasteiger partial charge in [0.1, 0.15) is 5.75 Å². The van der Waals surface area contributed by atoms with E-state index in [-0.39, 0.29) is 6.04 Å². The van der Waals surface area contributed by atoms with Crippen LogP contribution in [0.15, 0.2) is 18.2 Å². The normalized spacial score (nSPS) is 11.9. The zero-order chi connectivity index (χ0) is 10.6. The molecule has 1 aromatic carbocycles. The number of aryl methyl sites for hydroxylation is 1. The standard InChI is InChI=1S/C12H15NO/c1-5-11(13-3)10-8-9(2)6-7-12(10)14-4/h1,6-8,11,13H,2-4H3. The average Bonchev–Trinajstić information content (AvgIpc) is 2.20. The van der Waals surface area contributed by atoms with Gasteiger partial charge in [-0.3, -0.25) is 0 Å². The molecule has 0 saturated heterocycles. The lowest BCUT2D eigenvalue weighted by Gasteiger charge is -2.14. The summed E-state index contributed by atoms with van der Waals surface area (Å²) in [7, 11) is 3.49. The predicted molar refractivity (Wildman–Crippen MR) is 58.4 cm³/mol. The summed E-state index contributed by atoms with van der Waals surface area (Å²) < 4.78 is 5.25. The van der Waals surface area contributed by atoms with E-state index in [1.54, 1.807) is 7.11 Å². The van der Waals surface area contributed by atoms with Gasteiger partial charge in [0, 0.05) is 5.56 Å². The number of benzene rings is 1. The highest BCUT2D eigenvalue weighted by Crippen LogP contribution is 2.25. The fourth-order valence-corrected chi connectivity index (χ4v) is 1.41. The van der Waals surface area contributed by atoms with Gasteiger partial charge in [-0.15, -0.1) is 6.42 Å². The van der Waals surface area contributed by atoms with Crippen molar-refractivity contribution in [3.8, 4) is 18.1 Å². The number of rotatable bonds is 3. The molecule has 0 saturated carbocycles. The van der Waals surface area contributed by atoms with Gasteiger partial charge in [-0.25, -0.2) is 0 Å². The summed E-state index contributed by atoms with van der Waals surface area (Å²) in [6.07, 6.45) is 5.42. The molecule has 1 rings (SSSR count).